The molecule has 2 aromatic rings. The van der Waals surface area contributed by atoms with Gasteiger partial charge in [-0.2, -0.15) is 4.98 Å². The molecule has 0 spiro atoms. The highest BCUT2D eigenvalue weighted by Gasteiger charge is 2.40. The smallest absolute Gasteiger partial charge is 0.234 e. The summed E-state index contributed by atoms with van der Waals surface area (Å²) in [5.41, 5.74) is 1.33. The third-order valence-corrected chi connectivity index (χ3v) is 4.27. The number of nitrogens with one attached hydrogen (secondary N) is 1. The van der Waals surface area contributed by atoms with Crippen molar-refractivity contribution in [2.45, 2.75) is 38.5 Å². The van der Waals surface area contributed by atoms with Crippen LogP contribution >= 0.6 is 0 Å². The number of benzene rings is 1. The number of hydrogen-bond donors (Lipinski definition) is 1. The Kier molecular flexibility index (Phi) is 3.76. The maximum absolute atomic E-state index is 13.4. The lowest BCUT2D eigenvalue weighted by molar-refractivity contribution is 0.277. The summed E-state index contributed by atoms with van der Waals surface area (Å²) in [6.45, 7) is 5.76. The van der Waals surface area contributed by atoms with E-state index < -0.39 is 0 Å². The van der Waals surface area contributed by atoms with E-state index in [-0.39, 0.29) is 11.2 Å². The van der Waals surface area contributed by atoms with Gasteiger partial charge in [-0.15, -0.1) is 0 Å². The topological polar surface area (TPSA) is 51.0 Å². The highest BCUT2D eigenvalue weighted by atomic mass is 19.1. The zero-order valence-corrected chi connectivity index (χ0v) is 12.4. The van der Waals surface area contributed by atoms with Crippen LogP contribution in [0, 0.1) is 12.7 Å². The fraction of sp³-hybridized carbons (Fsp3) is 0.500. The molecule has 1 aliphatic rings. The van der Waals surface area contributed by atoms with Gasteiger partial charge in [0.1, 0.15) is 5.82 Å². The van der Waals surface area contributed by atoms with Crippen LogP contribution in [0.25, 0.3) is 11.4 Å². The zero-order valence-electron chi connectivity index (χ0n) is 12.4. The Bertz CT molecular complexity index is 632. The monoisotopic (exact) mass is 289 g/mol. The summed E-state index contributed by atoms with van der Waals surface area (Å²) < 4.78 is 18.9. The fourth-order valence-corrected chi connectivity index (χ4v) is 3.07. The average molecular weight is 289 g/mol. The van der Waals surface area contributed by atoms with Gasteiger partial charge in [-0.1, -0.05) is 18.5 Å². The Morgan fingerprint density at radius 2 is 2.29 bits per heavy atom. The summed E-state index contributed by atoms with van der Waals surface area (Å²) in [7, 11) is 0. The van der Waals surface area contributed by atoms with Crippen molar-refractivity contribution < 1.29 is 8.91 Å². The molecule has 1 unspecified atom stereocenters. The minimum Gasteiger partial charge on any atom is -0.338 e. The minimum absolute atomic E-state index is 0.0466. The van der Waals surface area contributed by atoms with E-state index in [1.54, 1.807) is 19.1 Å². The first-order valence-electron chi connectivity index (χ1n) is 7.46. The van der Waals surface area contributed by atoms with Crippen molar-refractivity contribution in [2.24, 2.45) is 0 Å². The van der Waals surface area contributed by atoms with E-state index >= 15 is 0 Å². The van der Waals surface area contributed by atoms with Crippen molar-refractivity contribution in [2.75, 3.05) is 13.1 Å². The quantitative estimate of drug-likeness (QED) is 0.939. The Morgan fingerprint density at radius 3 is 2.95 bits per heavy atom. The normalized spacial score (nSPS) is 21.9. The van der Waals surface area contributed by atoms with Crippen LogP contribution in [0.15, 0.2) is 22.7 Å². The molecule has 0 amide bonds. The molecule has 0 aliphatic carbocycles. The highest BCUT2D eigenvalue weighted by molar-refractivity contribution is 5.55. The third kappa shape index (κ3) is 2.58. The molecule has 1 N–H and O–H groups in total. The van der Waals surface area contributed by atoms with Gasteiger partial charge in [-0.05, 0) is 50.1 Å². The summed E-state index contributed by atoms with van der Waals surface area (Å²) >= 11 is 0. The molecule has 0 saturated carbocycles. The van der Waals surface area contributed by atoms with Crippen molar-refractivity contribution in [1.82, 2.24) is 15.5 Å². The standard InChI is InChI=1S/C16H20FN3O/c1-3-6-16(7-8-18-10-16)15-19-14(20-21-15)12-4-5-13(17)11(2)9-12/h4-5,9,18H,3,6-8,10H2,1-2H3. The van der Waals surface area contributed by atoms with Gasteiger partial charge in [0, 0.05) is 12.1 Å². The first-order valence-corrected chi connectivity index (χ1v) is 7.46. The first kappa shape index (κ1) is 14.2. The number of halogens is 1. The average Bonchev–Trinajstić information content (AvgIpc) is 3.12. The predicted molar refractivity (Wildman–Crippen MR) is 78.5 cm³/mol. The van der Waals surface area contributed by atoms with Crippen molar-refractivity contribution in [3.8, 4) is 11.4 Å². The Balaban J connectivity index is 1.93. The van der Waals surface area contributed by atoms with Crippen molar-refractivity contribution in [3.63, 3.8) is 0 Å². The molecule has 5 heteroatoms. The van der Waals surface area contributed by atoms with Crippen molar-refractivity contribution in [3.05, 3.63) is 35.5 Å². The molecule has 1 saturated heterocycles. The lowest BCUT2D eigenvalue weighted by Gasteiger charge is -2.22. The Labute approximate surface area is 123 Å². The van der Waals surface area contributed by atoms with Crippen molar-refractivity contribution >= 4 is 0 Å². The van der Waals surface area contributed by atoms with Crippen molar-refractivity contribution in [1.29, 1.82) is 0 Å². The van der Waals surface area contributed by atoms with E-state index in [9.17, 15) is 4.39 Å². The first-order chi connectivity index (χ1) is 10.1. The number of nitrogens with zero attached hydrogens (tertiary/aromatic N) is 2. The minimum atomic E-state index is -0.218. The molecule has 4 nitrogen and oxygen atoms in total. The number of aromatic nitrogens is 2. The SMILES string of the molecule is CCCC1(c2nc(-c3ccc(F)c(C)c3)no2)CCNC1. The molecule has 2 heterocycles. The van der Waals surface area contributed by atoms with Crippen LogP contribution in [-0.4, -0.2) is 23.2 Å². The predicted octanol–water partition coefficient (Wildman–Crippen LogP) is 3.22. The van der Waals surface area contributed by atoms with Crippen LogP contribution in [0.4, 0.5) is 4.39 Å². The number of hydrogen-bond acceptors (Lipinski definition) is 4. The van der Waals surface area contributed by atoms with Gasteiger partial charge in [0.2, 0.25) is 11.7 Å². The van der Waals surface area contributed by atoms with Crippen LogP contribution in [0.2, 0.25) is 0 Å². The summed E-state index contributed by atoms with van der Waals surface area (Å²) in [6, 6.07) is 4.89. The van der Waals surface area contributed by atoms with Gasteiger partial charge in [0.15, 0.2) is 0 Å². The van der Waals surface area contributed by atoms with Crippen LogP contribution in [0.3, 0.4) is 0 Å². The second-order valence-electron chi connectivity index (χ2n) is 5.84. The molecule has 1 atom stereocenters. The number of aryl methyl sites for hydroxylation is 1. The molecule has 0 radical (unpaired) electrons. The highest BCUT2D eigenvalue weighted by Crippen LogP contribution is 2.35. The second-order valence-corrected chi connectivity index (χ2v) is 5.84. The van der Waals surface area contributed by atoms with Gasteiger partial charge in [0.05, 0.1) is 5.41 Å². The molecule has 1 aromatic heterocycles. The molecule has 1 aliphatic heterocycles. The fourth-order valence-electron chi connectivity index (χ4n) is 3.07. The third-order valence-electron chi connectivity index (χ3n) is 4.27. The summed E-state index contributed by atoms with van der Waals surface area (Å²) in [5, 5.41) is 7.48. The van der Waals surface area contributed by atoms with Crippen LogP contribution < -0.4 is 5.32 Å². The van der Waals surface area contributed by atoms with E-state index in [1.165, 1.54) is 6.07 Å². The van der Waals surface area contributed by atoms with E-state index in [2.05, 4.69) is 22.4 Å². The van der Waals surface area contributed by atoms with E-state index in [0.717, 1.165) is 37.9 Å². The lowest BCUT2D eigenvalue weighted by atomic mass is 9.82. The van der Waals surface area contributed by atoms with Gasteiger partial charge in [-0.3, -0.25) is 0 Å². The van der Waals surface area contributed by atoms with Gasteiger partial charge in [-0.25, -0.2) is 4.39 Å². The second kappa shape index (κ2) is 5.56. The molecule has 0 bridgehead atoms. The van der Waals surface area contributed by atoms with Crippen LogP contribution in [-0.2, 0) is 5.41 Å². The molecule has 21 heavy (non-hydrogen) atoms. The molecule has 1 fully saturated rings. The zero-order chi connectivity index (χ0) is 14.9. The maximum atomic E-state index is 13.4. The number of rotatable bonds is 4. The van der Waals surface area contributed by atoms with Gasteiger partial charge in [0.25, 0.3) is 0 Å². The van der Waals surface area contributed by atoms with Gasteiger partial charge >= 0.3 is 0 Å². The molecular weight excluding hydrogens is 269 g/mol. The Hall–Kier alpha value is -1.75. The van der Waals surface area contributed by atoms with Gasteiger partial charge < -0.3 is 9.84 Å². The summed E-state index contributed by atoms with van der Waals surface area (Å²) in [6.07, 6.45) is 3.13. The molecule has 3 rings (SSSR count). The van der Waals surface area contributed by atoms with E-state index in [4.69, 9.17) is 4.52 Å². The van der Waals surface area contributed by atoms with E-state index in [0.29, 0.717) is 17.3 Å². The summed E-state index contributed by atoms with van der Waals surface area (Å²) in [5.74, 6) is 1.02. The lowest BCUT2D eigenvalue weighted by Crippen LogP contribution is -2.29. The van der Waals surface area contributed by atoms with Crippen LogP contribution in [0.5, 0.6) is 0 Å². The maximum Gasteiger partial charge on any atom is 0.234 e. The van der Waals surface area contributed by atoms with Crippen LogP contribution in [0.1, 0.15) is 37.6 Å². The molecule has 1 aromatic carbocycles. The molecular formula is C16H20FN3O. The molecule has 112 valence electrons. The van der Waals surface area contributed by atoms with E-state index in [1.807, 2.05) is 0 Å². The Morgan fingerprint density at radius 1 is 1.43 bits per heavy atom. The largest absolute Gasteiger partial charge is 0.338 e. The summed E-state index contributed by atoms with van der Waals surface area (Å²) in [4.78, 5) is 4.58.